The molecule has 150 valence electrons. The van der Waals surface area contributed by atoms with E-state index in [2.05, 4.69) is 15.6 Å². The molecule has 0 unspecified atom stereocenters. The second kappa shape index (κ2) is 8.68. The predicted octanol–water partition coefficient (Wildman–Crippen LogP) is 2.47. The van der Waals surface area contributed by atoms with E-state index in [4.69, 9.17) is 0 Å². The molecule has 2 aromatic carbocycles. The van der Waals surface area contributed by atoms with Crippen molar-refractivity contribution >= 4 is 28.4 Å². The fourth-order valence-corrected chi connectivity index (χ4v) is 3.32. The van der Waals surface area contributed by atoms with Crippen molar-refractivity contribution in [3.63, 3.8) is 0 Å². The number of carbonyl (C=O) groups excluding carboxylic acids is 2. The number of nitrogens with zero attached hydrogens (tertiary/aromatic N) is 2. The quantitative estimate of drug-likeness (QED) is 0.674. The van der Waals surface area contributed by atoms with Gasteiger partial charge in [-0.15, -0.1) is 0 Å². The zero-order chi connectivity index (χ0) is 21.0. The molecular weight excluding hydrogens is 368 g/mol. The molecule has 0 aliphatic carbocycles. The maximum atomic E-state index is 12.4. The number of carbonyl (C=O) groups is 2. The second-order valence-electron chi connectivity index (χ2n) is 7.11. The molecule has 7 nitrogen and oxygen atoms in total. The number of hydrogen-bond acceptors (Lipinski definition) is 4. The van der Waals surface area contributed by atoms with E-state index in [0.29, 0.717) is 10.9 Å². The van der Waals surface area contributed by atoms with E-state index in [9.17, 15) is 14.4 Å². The number of rotatable bonds is 6. The normalized spacial score (nSPS) is 10.7. The molecule has 0 saturated carbocycles. The van der Waals surface area contributed by atoms with Gasteiger partial charge >= 0.3 is 0 Å². The van der Waals surface area contributed by atoms with E-state index in [1.165, 1.54) is 10.9 Å². The van der Waals surface area contributed by atoms with Crippen molar-refractivity contribution in [2.75, 3.05) is 11.9 Å². The number of benzene rings is 2. The fraction of sp³-hybridized carbons (Fsp3) is 0.273. The Kier molecular flexibility index (Phi) is 6.07. The molecule has 29 heavy (non-hydrogen) atoms. The molecule has 0 saturated heterocycles. The van der Waals surface area contributed by atoms with Gasteiger partial charge in [-0.1, -0.05) is 29.8 Å². The molecule has 0 radical (unpaired) electrons. The monoisotopic (exact) mass is 392 g/mol. The summed E-state index contributed by atoms with van der Waals surface area (Å²) in [4.78, 5) is 40.9. The zero-order valence-corrected chi connectivity index (χ0v) is 16.8. The van der Waals surface area contributed by atoms with Crippen LogP contribution in [0.2, 0.25) is 0 Å². The number of para-hydroxylation sites is 1. The molecule has 1 heterocycles. The SMILES string of the molecule is Cc1cc(C)c(NC(=O)CNC(=O)CCn2cnc3ccccc3c2=O)c(C)c1. The number of hydrogen-bond donors (Lipinski definition) is 2. The maximum absolute atomic E-state index is 12.4. The lowest BCUT2D eigenvalue weighted by molar-refractivity contribution is -0.124. The first-order valence-corrected chi connectivity index (χ1v) is 9.43. The largest absolute Gasteiger partial charge is 0.347 e. The Morgan fingerprint density at radius 1 is 1.03 bits per heavy atom. The smallest absolute Gasteiger partial charge is 0.261 e. The van der Waals surface area contributed by atoms with Gasteiger partial charge < -0.3 is 10.6 Å². The third kappa shape index (κ3) is 4.87. The Hall–Kier alpha value is -3.48. The van der Waals surface area contributed by atoms with Crippen LogP contribution in [0.15, 0.2) is 47.5 Å². The molecular formula is C22H24N4O3. The van der Waals surface area contributed by atoms with Gasteiger partial charge in [-0.2, -0.15) is 0 Å². The van der Waals surface area contributed by atoms with Gasteiger partial charge in [0.15, 0.2) is 0 Å². The van der Waals surface area contributed by atoms with E-state index in [1.54, 1.807) is 18.2 Å². The number of fused-ring (bicyclic) bond motifs is 1. The lowest BCUT2D eigenvalue weighted by atomic mass is 10.1. The summed E-state index contributed by atoms with van der Waals surface area (Å²) in [7, 11) is 0. The summed E-state index contributed by atoms with van der Waals surface area (Å²) >= 11 is 0. The predicted molar refractivity (Wildman–Crippen MR) is 113 cm³/mol. The highest BCUT2D eigenvalue weighted by atomic mass is 16.2. The van der Waals surface area contributed by atoms with Crippen molar-refractivity contribution < 1.29 is 9.59 Å². The molecule has 0 aliphatic rings. The van der Waals surface area contributed by atoms with Crippen LogP contribution in [0.1, 0.15) is 23.1 Å². The first kappa shape index (κ1) is 20.3. The van der Waals surface area contributed by atoms with Gasteiger partial charge in [0.1, 0.15) is 0 Å². The van der Waals surface area contributed by atoms with Crippen molar-refractivity contribution in [2.24, 2.45) is 0 Å². The van der Waals surface area contributed by atoms with Gasteiger partial charge in [0.05, 0.1) is 23.8 Å². The van der Waals surface area contributed by atoms with E-state index in [-0.39, 0.29) is 36.9 Å². The van der Waals surface area contributed by atoms with Crippen LogP contribution in [-0.4, -0.2) is 27.9 Å². The summed E-state index contributed by atoms with van der Waals surface area (Å²) in [6.07, 6.45) is 1.52. The average Bonchev–Trinajstić information content (AvgIpc) is 2.69. The highest BCUT2D eigenvalue weighted by molar-refractivity contribution is 5.95. The highest BCUT2D eigenvalue weighted by Gasteiger charge is 2.11. The lowest BCUT2D eigenvalue weighted by Crippen LogP contribution is -2.34. The summed E-state index contributed by atoms with van der Waals surface area (Å²) in [6.45, 7) is 5.94. The number of nitrogens with one attached hydrogen (secondary N) is 2. The molecule has 1 aromatic heterocycles. The lowest BCUT2D eigenvalue weighted by Gasteiger charge is -2.13. The molecule has 0 aliphatic heterocycles. The van der Waals surface area contributed by atoms with Crippen LogP contribution in [0.4, 0.5) is 5.69 Å². The summed E-state index contributed by atoms with van der Waals surface area (Å²) in [6, 6.07) is 11.1. The van der Waals surface area contributed by atoms with Crippen LogP contribution >= 0.6 is 0 Å². The minimum Gasteiger partial charge on any atom is -0.347 e. The minimum absolute atomic E-state index is 0.0792. The van der Waals surface area contributed by atoms with E-state index < -0.39 is 0 Å². The van der Waals surface area contributed by atoms with Crippen LogP contribution in [0.25, 0.3) is 10.9 Å². The molecule has 3 rings (SSSR count). The van der Waals surface area contributed by atoms with Gasteiger partial charge in [0, 0.05) is 18.7 Å². The minimum atomic E-state index is -0.308. The summed E-state index contributed by atoms with van der Waals surface area (Å²) in [5.41, 5.74) is 4.28. The van der Waals surface area contributed by atoms with Crippen LogP contribution in [0.3, 0.4) is 0 Å². The van der Waals surface area contributed by atoms with Gasteiger partial charge in [0.2, 0.25) is 11.8 Å². The first-order chi connectivity index (χ1) is 13.8. The number of amides is 2. The topological polar surface area (TPSA) is 93.1 Å². The molecule has 0 fully saturated rings. The zero-order valence-electron chi connectivity index (χ0n) is 16.8. The molecule has 0 bridgehead atoms. The molecule has 7 heteroatoms. The first-order valence-electron chi connectivity index (χ1n) is 9.43. The third-order valence-corrected chi connectivity index (χ3v) is 4.70. The Labute approximate surface area is 168 Å². The summed E-state index contributed by atoms with van der Waals surface area (Å²) < 4.78 is 1.40. The average molecular weight is 392 g/mol. The second-order valence-corrected chi connectivity index (χ2v) is 7.11. The van der Waals surface area contributed by atoms with E-state index in [0.717, 1.165) is 22.4 Å². The molecule has 0 atom stereocenters. The Morgan fingerprint density at radius 2 is 1.72 bits per heavy atom. The van der Waals surface area contributed by atoms with Gasteiger partial charge in [-0.25, -0.2) is 4.98 Å². The van der Waals surface area contributed by atoms with E-state index in [1.807, 2.05) is 39.0 Å². The van der Waals surface area contributed by atoms with Crippen molar-refractivity contribution in [3.8, 4) is 0 Å². The van der Waals surface area contributed by atoms with Gasteiger partial charge in [-0.05, 0) is 44.0 Å². The fourth-order valence-electron chi connectivity index (χ4n) is 3.32. The number of aryl methyl sites for hydroxylation is 4. The molecule has 2 N–H and O–H groups in total. The Balaban J connectivity index is 1.53. The molecule has 3 aromatic rings. The summed E-state index contributed by atoms with van der Waals surface area (Å²) in [5, 5.41) is 5.95. The Bertz CT molecular complexity index is 1110. The Morgan fingerprint density at radius 3 is 2.45 bits per heavy atom. The van der Waals surface area contributed by atoms with Crippen molar-refractivity contribution in [3.05, 3.63) is 69.8 Å². The number of aromatic nitrogens is 2. The molecule has 0 spiro atoms. The number of anilines is 1. The van der Waals surface area contributed by atoms with Crippen LogP contribution in [0, 0.1) is 20.8 Å². The van der Waals surface area contributed by atoms with Gasteiger partial charge in [-0.3, -0.25) is 19.0 Å². The third-order valence-electron chi connectivity index (χ3n) is 4.70. The maximum Gasteiger partial charge on any atom is 0.261 e. The van der Waals surface area contributed by atoms with E-state index >= 15 is 0 Å². The van der Waals surface area contributed by atoms with Crippen molar-refractivity contribution in [2.45, 2.75) is 33.7 Å². The standard InChI is InChI=1S/C22H24N4O3/c1-14-10-15(2)21(16(3)11-14)25-20(28)12-23-19(27)8-9-26-13-24-18-7-5-4-6-17(18)22(26)29/h4-7,10-11,13H,8-9,12H2,1-3H3,(H,23,27)(H,25,28). The molecule has 2 amide bonds. The van der Waals surface area contributed by atoms with Crippen LogP contribution in [0.5, 0.6) is 0 Å². The highest BCUT2D eigenvalue weighted by Crippen LogP contribution is 2.21. The van der Waals surface area contributed by atoms with Crippen LogP contribution < -0.4 is 16.2 Å². The van der Waals surface area contributed by atoms with Crippen molar-refractivity contribution in [1.82, 2.24) is 14.9 Å². The van der Waals surface area contributed by atoms with Crippen LogP contribution in [-0.2, 0) is 16.1 Å². The summed E-state index contributed by atoms with van der Waals surface area (Å²) in [5.74, 6) is -0.601. The van der Waals surface area contributed by atoms with Gasteiger partial charge in [0.25, 0.3) is 5.56 Å². The van der Waals surface area contributed by atoms with Crippen molar-refractivity contribution in [1.29, 1.82) is 0 Å².